The standard InChI is InChI=1S/C29H38O9/c1-17-9-11-28-15-35-23(32)14-18(2)10-12-34-20(19(3)30)7-5-6-8-22(31)38-25-24(33)26(37-21(28)13-17)29(16-36-29)27(25,28)4/h5-8,13-14,19-21,24-26,30,33H,9-12,15-16H2,1-4H3/t19-,20+,21+,24+,25+,26+,27+,28+,29-/m0/s1. The zero-order valence-corrected chi connectivity index (χ0v) is 22.4. The molecule has 2 saturated heterocycles. The van der Waals surface area contributed by atoms with Gasteiger partial charge >= 0.3 is 11.9 Å². The molecule has 0 aromatic heterocycles. The number of hydrogen-bond donors (Lipinski definition) is 2. The summed E-state index contributed by atoms with van der Waals surface area (Å²) in [5.74, 6) is -1.11. The Kier molecular flexibility index (Phi) is 7.19. The van der Waals surface area contributed by atoms with Crippen LogP contribution in [-0.2, 0) is 33.3 Å². The van der Waals surface area contributed by atoms with Crippen LogP contribution in [0.2, 0.25) is 0 Å². The maximum Gasteiger partial charge on any atom is 0.331 e. The number of esters is 2. The quantitative estimate of drug-likeness (QED) is 0.299. The van der Waals surface area contributed by atoms with Gasteiger partial charge in [0, 0.05) is 17.6 Å². The van der Waals surface area contributed by atoms with E-state index in [-0.39, 0.29) is 6.61 Å². The van der Waals surface area contributed by atoms with Gasteiger partial charge in [0.1, 0.15) is 36.6 Å². The van der Waals surface area contributed by atoms with Gasteiger partial charge < -0.3 is 33.9 Å². The highest BCUT2D eigenvalue weighted by atomic mass is 16.7. The van der Waals surface area contributed by atoms with Crippen LogP contribution in [0, 0.1) is 10.8 Å². The lowest BCUT2D eigenvalue weighted by molar-refractivity contribution is -0.232. The molecule has 0 aromatic rings. The topological polar surface area (TPSA) is 124 Å². The molecule has 5 aliphatic rings. The fourth-order valence-corrected chi connectivity index (χ4v) is 6.89. The number of rotatable bonds is 1. The average Bonchev–Trinajstić information content (AvgIpc) is 3.64. The average molecular weight is 531 g/mol. The van der Waals surface area contributed by atoms with Crippen LogP contribution in [0.5, 0.6) is 0 Å². The number of carbonyl (C=O) groups excluding carboxylic acids is 2. The third-order valence-corrected chi connectivity index (χ3v) is 9.26. The zero-order chi connectivity index (χ0) is 27.3. The normalized spacial score (nSPS) is 44.2. The number of ether oxygens (including phenoxy) is 5. The number of aliphatic hydroxyl groups is 2. The van der Waals surface area contributed by atoms with E-state index in [9.17, 15) is 19.8 Å². The zero-order valence-electron chi connectivity index (χ0n) is 22.4. The number of carbonyl (C=O) groups is 2. The highest BCUT2D eigenvalue weighted by molar-refractivity contribution is 5.83. The van der Waals surface area contributed by atoms with Crippen molar-refractivity contribution in [3.63, 3.8) is 0 Å². The molecule has 0 aromatic carbocycles. The van der Waals surface area contributed by atoms with E-state index < -0.39 is 65.0 Å². The molecule has 3 aliphatic heterocycles. The van der Waals surface area contributed by atoms with Crippen LogP contribution >= 0.6 is 0 Å². The molecule has 208 valence electrons. The predicted molar refractivity (Wildman–Crippen MR) is 136 cm³/mol. The first-order valence-corrected chi connectivity index (χ1v) is 13.4. The van der Waals surface area contributed by atoms with Gasteiger partial charge in [0.25, 0.3) is 0 Å². The molecule has 2 N–H and O–H groups in total. The first kappa shape index (κ1) is 27.3. The lowest BCUT2D eigenvalue weighted by atomic mass is 9.51. The van der Waals surface area contributed by atoms with E-state index in [1.165, 1.54) is 18.2 Å². The summed E-state index contributed by atoms with van der Waals surface area (Å²) in [6.45, 7) is 8.14. The largest absolute Gasteiger partial charge is 0.462 e. The summed E-state index contributed by atoms with van der Waals surface area (Å²) in [4.78, 5) is 25.9. The number of allylic oxidation sites excluding steroid dienone is 3. The summed E-state index contributed by atoms with van der Waals surface area (Å²) >= 11 is 0. The molecule has 38 heavy (non-hydrogen) atoms. The Hall–Kier alpha value is -2.30. The molecule has 2 aliphatic carbocycles. The van der Waals surface area contributed by atoms with Gasteiger partial charge in [-0.2, -0.15) is 0 Å². The molecule has 1 saturated carbocycles. The smallest absolute Gasteiger partial charge is 0.331 e. The Labute approximate surface area is 223 Å². The Balaban J connectivity index is 1.54. The van der Waals surface area contributed by atoms with Crippen molar-refractivity contribution < 1.29 is 43.5 Å². The molecule has 0 amide bonds. The van der Waals surface area contributed by atoms with E-state index in [0.717, 1.165) is 17.6 Å². The molecule has 9 nitrogen and oxygen atoms in total. The second-order valence-corrected chi connectivity index (χ2v) is 11.5. The summed E-state index contributed by atoms with van der Waals surface area (Å²) in [7, 11) is 0. The highest BCUT2D eigenvalue weighted by Crippen LogP contribution is 2.72. The minimum atomic E-state index is -1.11. The fraction of sp³-hybridized carbons (Fsp3) is 0.655. The molecule has 0 radical (unpaired) electrons. The Bertz CT molecular complexity index is 1080. The van der Waals surface area contributed by atoms with E-state index in [0.29, 0.717) is 26.1 Å². The molecular weight excluding hydrogens is 492 g/mol. The Morgan fingerprint density at radius 3 is 2.53 bits per heavy atom. The van der Waals surface area contributed by atoms with Crippen molar-refractivity contribution in [2.45, 2.75) is 89.2 Å². The summed E-state index contributed by atoms with van der Waals surface area (Å²) in [6.07, 6.45) is 6.92. The maximum absolute atomic E-state index is 13.0. The van der Waals surface area contributed by atoms with E-state index in [1.54, 1.807) is 19.1 Å². The van der Waals surface area contributed by atoms with Crippen LogP contribution in [-0.4, -0.2) is 84.2 Å². The van der Waals surface area contributed by atoms with Crippen molar-refractivity contribution in [1.82, 2.24) is 0 Å². The maximum atomic E-state index is 13.0. The van der Waals surface area contributed by atoms with Crippen molar-refractivity contribution in [2.24, 2.45) is 10.8 Å². The number of hydrogen-bond acceptors (Lipinski definition) is 9. The van der Waals surface area contributed by atoms with Crippen LogP contribution in [0.1, 0.15) is 47.0 Å². The van der Waals surface area contributed by atoms with Gasteiger partial charge in [0.15, 0.2) is 0 Å². The van der Waals surface area contributed by atoms with Gasteiger partial charge in [-0.05, 0) is 40.0 Å². The molecule has 3 fully saturated rings. The number of aliphatic hydroxyl groups excluding tert-OH is 2. The minimum absolute atomic E-state index is 0.0261. The molecule has 3 heterocycles. The van der Waals surface area contributed by atoms with E-state index in [2.05, 4.69) is 0 Å². The summed E-state index contributed by atoms with van der Waals surface area (Å²) < 4.78 is 30.1. The van der Waals surface area contributed by atoms with Gasteiger partial charge in [-0.1, -0.05) is 42.4 Å². The van der Waals surface area contributed by atoms with Crippen LogP contribution in [0.4, 0.5) is 0 Å². The lowest BCUT2D eigenvalue weighted by Crippen LogP contribution is -2.66. The third kappa shape index (κ3) is 4.29. The van der Waals surface area contributed by atoms with Gasteiger partial charge in [-0.15, -0.1) is 0 Å². The molecule has 2 spiro atoms. The van der Waals surface area contributed by atoms with Crippen LogP contribution in [0.15, 0.2) is 47.6 Å². The second kappa shape index (κ2) is 10.0. The van der Waals surface area contributed by atoms with E-state index >= 15 is 0 Å². The van der Waals surface area contributed by atoms with Crippen LogP contribution in [0.3, 0.4) is 0 Å². The van der Waals surface area contributed by atoms with Crippen molar-refractivity contribution in [1.29, 1.82) is 0 Å². The summed E-state index contributed by atoms with van der Waals surface area (Å²) in [5, 5.41) is 21.5. The number of epoxide rings is 1. The Morgan fingerprint density at radius 2 is 1.82 bits per heavy atom. The monoisotopic (exact) mass is 530 g/mol. The summed E-state index contributed by atoms with van der Waals surface area (Å²) in [5.41, 5.74) is -0.543. The molecule has 2 bridgehead atoms. The van der Waals surface area contributed by atoms with E-state index in [4.69, 9.17) is 23.7 Å². The minimum Gasteiger partial charge on any atom is -0.462 e. The Morgan fingerprint density at radius 1 is 1.05 bits per heavy atom. The predicted octanol–water partition coefficient (Wildman–Crippen LogP) is 2.31. The van der Waals surface area contributed by atoms with Crippen molar-refractivity contribution in [2.75, 3.05) is 19.8 Å². The molecule has 9 atom stereocenters. The summed E-state index contributed by atoms with van der Waals surface area (Å²) in [6, 6.07) is 0. The molecule has 0 unspecified atom stereocenters. The molecular formula is C29H38O9. The lowest BCUT2D eigenvalue weighted by Gasteiger charge is -2.58. The SMILES string of the molecule is CC1=CC(=O)OC[C@]23CCC(C)=C[C@H]2O[C@@H]2[C@H](O)[C@@H](OC(=O)C=CC=C[C@H]([C@H](C)O)OCC1)[C@@]3(C)[C@]21CO1. The number of cyclic esters (lactones) is 1. The van der Waals surface area contributed by atoms with Crippen LogP contribution < -0.4 is 0 Å². The fourth-order valence-electron chi connectivity index (χ4n) is 6.89. The van der Waals surface area contributed by atoms with Gasteiger partial charge in [0.05, 0.1) is 30.8 Å². The van der Waals surface area contributed by atoms with Crippen molar-refractivity contribution >= 4 is 11.9 Å². The van der Waals surface area contributed by atoms with E-state index in [1.807, 2.05) is 26.8 Å². The highest BCUT2D eigenvalue weighted by Gasteiger charge is 2.85. The van der Waals surface area contributed by atoms with Crippen LogP contribution in [0.25, 0.3) is 0 Å². The van der Waals surface area contributed by atoms with Crippen molar-refractivity contribution in [3.05, 3.63) is 47.6 Å². The van der Waals surface area contributed by atoms with Gasteiger partial charge in [-0.25, -0.2) is 9.59 Å². The second-order valence-electron chi connectivity index (χ2n) is 11.5. The first-order chi connectivity index (χ1) is 18.0. The molecule has 9 heteroatoms. The third-order valence-electron chi connectivity index (χ3n) is 9.26. The molecule has 5 rings (SSSR count). The first-order valence-electron chi connectivity index (χ1n) is 13.4. The van der Waals surface area contributed by atoms with Crippen molar-refractivity contribution in [3.8, 4) is 0 Å². The van der Waals surface area contributed by atoms with Gasteiger partial charge in [-0.3, -0.25) is 0 Å². The van der Waals surface area contributed by atoms with Gasteiger partial charge in [0.2, 0.25) is 0 Å².